The number of benzene rings is 8. The summed E-state index contributed by atoms with van der Waals surface area (Å²) in [6, 6.07) is 58.5. The highest BCUT2D eigenvalue weighted by Gasteiger charge is 2.35. The molecule has 0 saturated carbocycles. The first-order chi connectivity index (χ1) is 24.1. The van der Waals surface area contributed by atoms with Crippen LogP contribution in [0.15, 0.2) is 158 Å². The standard InChI is InChI=1S/C47H32N2/c1-47(2)37-18-8-5-17-36(37)45-43-30(13-11-19-38(43)47)28-42-46(45)44-33-14-4-3-12-29(33)22-27-41(44)49(42)32-25-23-31(24-26-32)48-39-20-9-6-15-34(39)35-16-7-10-21-40(35)48/h3-28H,1-2H3. The van der Waals surface area contributed by atoms with E-state index in [9.17, 15) is 0 Å². The van der Waals surface area contributed by atoms with E-state index >= 15 is 0 Å². The Balaban J connectivity index is 1.26. The Hall–Kier alpha value is -6.12. The summed E-state index contributed by atoms with van der Waals surface area (Å²) in [5.74, 6) is 0. The van der Waals surface area contributed by atoms with Gasteiger partial charge in [-0.15, -0.1) is 0 Å². The molecular formula is C47H32N2. The first-order valence-electron chi connectivity index (χ1n) is 17.2. The summed E-state index contributed by atoms with van der Waals surface area (Å²) < 4.78 is 4.89. The summed E-state index contributed by atoms with van der Waals surface area (Å²) in [5, 5.41) is 10.4. The molecule has 10 aromatic rings. The first kappa shape index (κ1) is 26.9. The predicted octanol–water partition coefficient (Wildman–Crippen LogP) is 12.5. The van der Waals surface area contributed by atoms with Crippen LogP contribution in [0.3, 0.4) is 0 Å². The molecule has 0 radical (unpaired) electrons. The van der Waals surface area contributed by atoms with Gasteiger partial charge in [-0.05, 0) is 86.8 Å². The third kappa shape index (κ3) is 3.45. The SMILES string of the molecule is CC1(C)c2ccccc2-c2c3c1cccc3cc1c2c2c3ccccc3ccc2n1-c1ccc(-n2c3ccccc3c3ccccc32)cc1. The van der Waals surface area contributed by atoms with Gasteiger partial charge in [-0.25, -0.2) is 0 Å². The van der Waals surface area contributed by atoms with Crippen LogP contribution in [0.5, 0.6) is 0 Å². The lowest BCUT2D eigenvalue weighted by atomic mass is 9.68. The second-order valence-corrected chi connectivity index (χ2v) is 14.1. The summed E-state index contributed by atoms with van der Waals surface area (Å²) in [7, 11) is 0. The molecule has 49 heavy (non-hydrogen) atoms. The van der Waals surface area contributed by atoms with Crippen LogP contribution < -0.4 is 0 Å². The molecule has 0 amide bonds. The van der Waals surface area contributed by atoms with Crippen LogP contribution in [0.25, 0.3) is 87.7 Å². The van der Waals surface area contributed by atoms with E-state index in [1.165, 1.54) is 87.4 Å². The van der Waals surface area contributed by atoms with Crippen molar-refractivity contribution in [1.29, 1.82) is 0 Å². The van der Waals surface area contributed by atoms with E-state index in [-0.39, 0.29) is 5.41 Å². The minimum Gasteiger partial charge on any atom is -0.309 e. The topological polar surface area (TPSA) is 9.86 Å². The Labute approximate surface area is 284 Å². The summed E-state index contributed by atoms with van der Waals surface area (Å²) >= 11 is 0. The fourth-order valence-corrected chi connectivity index (χ4v) is 9.12. The highest BCUT2D eigenvalue weighted by atomic mass is 15.0. The van der Waals surface area contributed by atoms with Crippen LogP contribution in [0.4, 0.5) is 0 Å². The minimum absolute atomic E-state index is 0.0974. The van der Waals surface area contributed by atoms with Gasteiger partial charge in [0, 0.05) is 43.9 Å². The molecule has 8 aromatic carbocycles. The molecule has 0 fully saturated rings. The number of aromatic nitrogens is 2. The lowest BCUT2D eigenvalue weighted by Gasteiger charge is -2.35. The van der Waals surface area contributed by atoms with Gasteiger partial charge < -0.3 is 9.13 Å². The molecular weight excluding hydrogens is 593 g/mol. The average Bonchev–Trinajstić information content (AvgIpc) is 3.66. The molecule has 0 spiro atoms. The fraction of sp³-hybridized carbons (Fsp3) is 0.0638. The highest BCUT2D eigenvalue weighted by Crippen LogP contribution is 2.53. The molecule has 230 valence electrons. The molecule has 11 rings (SSSR count). The van der Waals surface area contributed by atoms with E-state index in [2.05, 4.69) is 181 Å². The van der Waals surface area contributed by atoms with Gasteiger partial charge >= 0.3 is 0 Å². The number of nitrogens with zero attached hydrogens (tertiary/aromatic N) is 2. The Morgan fingerprint density at radius 3 is 1.69 bits per heavy atom. The molecule has 2 heterocycles. The van der Waals surface area contributed by atoms with Gasteiger partial charge in [-0.3, -0.25) is 0 Å². The normalized spacial score (nSPS) is 13.7. The van der Waals surface area contributed by atoms with Crippen molar-refractivity contribution in [2.45, 2.75) is 19.3 Å². The molecule has 1 aliphatic rings. The van der Waals surface area contributed by atoms with E-state index in [4.69, 9.17) is 0 Å². The number of hydrogen-bond donors (Lipinski definition) is 0. The summed E-state index contributed by atoms with van der Waals surface area (Å²) in [6.45, 7) is 4.76. The van der Waals surface area contributed by atoms with Crippen LogP contribution in [0.2, 0.25) is 0 Å². The molecule has 0 N–H and O–H groups in total. The quantitative estimate of drug-likeness (QED) is 0.181. The molecule has 0 unspecified atom stereocenters. The van der Waals surface area contributed by atoms with Crippen molar-refractivity contribution in [2.24, 2.45) is 0 Å². The van der Waals surface area contributed by atoms with Crippen LogP contribution in [0, 0.1) is 0 Å². The number of para-hydroxylation sites is 2. The molecule has 2 aromatic heterocycles. The van der Waals surface area contributed by atoms with Crippen molar-refractivity contribution < 1.29 is 0 Å². The number of rotatable bonds is 2. The molecule has 0 saturated heterocycles. The third-order valence-electron chi connectivity index (χ3n) is 11.3. The fourth-order valence-electron chi connectivity index (χ4n) is 9.12. The maximum atomic E-state index is 2.50. The summed E-state index contributed by atoms with van der Waals surface area (Å²) in [4.78, 5) is 0. The average molecular weight is 625 g/mol. The number of fused-ring (bicyclic) bond motifs is 11. The lowest BCUT2D eigenvalue weighted by Crippen LogP contribution is -2.23. The van der Waals surface area contributed by atoms with E-state index in [1.807, 2.05) is 0 Å². The summed E-state index contributed by atoms with van der Waals surface area (Å²) in [6.07, 6.45) is 0. The zero-order valence-corrected chi connectivity index (χ0v) is 27.4. The zero-order valence-electron chi connectivity index (χ0n) is 27.4. The Kier molecular flexibility index (Phi) is 5.21. The first-order valence-corrected chi connectivity index (χ1v) is 17.2. The highest BCUT2D eigenvalue weighted by molar-refractivity contribution is 6.30. The van der Waals surface area contributed by atoms with Gasteiger partial charge in [0.25, 0.3) is 0 Å². The van der Waals surface area contributed by atoms with Crippen LogP contribution in [0.1, 0.15) is 25.0 Å². The van der Waals surface area contributed by atoms with Crippen molar-refractivity contribution in [1.82, 2.24) is 9.13 Å². The smallest absolute Gasteiger partial charge is 0.0553 e. The van der Waals surface area contributed by atoms with Gasteiger partial charge in [0.2, 0.25) is 0 Å². The maximum Gasteiger partial charge on any atom is 0.0553 e. The Morgan fingerprint density at radius 1 is 0.388 bits per heavy atom. The van der Waals surface area contributed by atoms with E-state index in [0.29, 0.717) is 0 Å². The number of hydrogen-bond acceptors (Lipinski definition) is 0. The molecule has 0 aliphatic heterocycles. The van der Waals surface area contributed by atoms with Gasteiger partial charge in [0.15, 0.2) is 0 Å². The van der Waals surface area contributed by atoms with Gasteiger partial charge in [0.05, 0.1) is 22.1 Å². The van der Waals surface area contributed by atoms with Crippen molar-refractivity contribution >= 4 is 65.2 Å². The van der Waals surface area contributed by atoms with Crippen molar-refractivity contribution in [3.63, 3.8) is 0 Å². The summed E-state index contributed by atoms with van der Waals surface area (Å²) in [5.41, 5.74) is 12.6. The van der Waals surface area contributed by atoms with E-state index < -0.39 is 0 Å². The van der Waals surface area contributed by atoms with Crippen molar-refractivity contribution in [3.05, 3.63) is 169 Å². The molecule has 1 aliphatic carbocycles. The largest absolute Gasteiger partial charge is 0.309 e. The lowest BCUT2D eigenvalue weighted by molar-refractivity contribution is 0.645. The molecule has 0 bridgehead atoms. The monoisotopic (exact) mass is 624 g/mol. The second kappa shape index (κ2) is 9.49. The van der Waals surface area contributed by atoms with Crippen LogP contribution >= 0.6 is 0 Å². The van der Waals surface area contributed by atoms with E-state index in [1.54, 1.807) is 0 Å². The van der Waals surface area contributed by atoms with Gasteiger partial charge in [-0.1, -0.05) is 123 Å². The maximum absolute atomic E-state index is 2.50. The Bertz CT molecular complexity index is 2950. The zero-order chi connectivity index (χ0) is 32.4. The Morgan fingerprint density at radius 2 is 0.959 bits per heavy atom. The van der Waals surface area contributed by atoms with Gasteiger partial charge in [0.1, 0.15) is 0 Å². The molecule has 0 atom stereocenters. The van der Waals surface area contributed by atoms with Crippen LogP contribution in [-0.2, 0) is 5.41 Å². The van der Waals surface area contributed by atoms with E-state index in [0.717, 1.165) is 11.4 Å². The second-order valence-electron chi connectivity index (χ2n) is 14.1. The predicted molar refractivity (Wildman–Crippen MR) is 208 cm³/mol. The molecule has 2 nitrogen and oxygen atoms in total. The third-order valence-corrected chi connectivity index (χ3v) is 11.3. The van der Waals surface area contributed by atoms with Crippen LogP contribution in [-0.4, -0.2) is 9.13 Å². The van der Waals surface area contributed by atoms with Crippen molar-refractivity contribution in [3.8, 4) is 22.5 Å². The molecule has 2 heteroatoms. The van der Waals surface area contributed by atoms with Crippen molar-refractivity contribution in [2.75, 3.05) is 0 Å². The minimum atomic E-state index is -0.0974. The van der Waals surface area contributed by atoms with Gasteiger partial charge in [-0.2, -0.15) is 0 Å².